The van der Waals surface area contributed by atoms with Gasteiger partial charge in [0.15, 0.2) is 0 Å². The van der Waals surface area contributed by atoms with Crippen LogP contribution in [0.25, 0.3) is 0 Å². The summed E-state index contributed by atoms with van der Waals surface area (Å²) in [5, 5.41) is 9.35. The van der Waals surface area contributed by atoms with Crippen molar-refractivity contribution in [2.24, 2.45) is 0 Å². The molecule has 3 nitrogen and oxygen atoms in total. The summed E-state index contributed by atoms with van der Waals surface area (Å²) in [6.07, 6.45) is 3.45. The SMILES string of the molecule is CC1c2nccn2CC1O. The molecule has 1 aliphatic rings. The minimum atomic E-state index is -0.233. The first-order valence-corrected chi connectivity index (χ1v) is 3.48. The first-order chi connectivity index (χ1) is 4.79. The summed E-state index contributed by atoms with van der Waals surface area (Å²) in [4.78, 5) is 4.13. The molecule has 3 heteroatoms. The van der Waals surface area contributed by atoms with Gasteiger partial charge in [-0.1, -0.05) is 6.92 Å². The molecule has 1 N–H and O–H groups in total. The topological polar surface area (TPSA) is 38.0 Å². The average molecular weight is 138 g/mol. The molecule has 0 radical (unpaired) electrons. The fourth-order valence-corrected chi connectivity index (χ4v) is 1.41. The molecule has 2 rings (SSSR count). The Kier molecular flexibility index (Phi) is 1.08. The molecule has 0 fully saturated rings. The lowest BCUT2D eigenvalue weighted by Gasteiger charge is -2.03. The van der Waals surface area contributed by atoms with E-state index < -0.39 is 0 Å². The average Bonchev–Trinajstić information content (AvgIpc) is 2.41. The number of aliphatic hydroxyl groups excluding tert-OH is 1. The van der Waals surface area contributed by atoms with Gasteiger partial charge >= 0.3 is 0 Å². The molecule has 2 heterocycles. The van der Waals surface area contributed by atoms with Gasteiger partial charge in [0, 0.05) is 18.3 Å². The summed E-state index contributed by atoms with van der Waals surface area (Å²) in [5.41, 5.74) is 0. The standard InChI is InChI=1S/C7H10N2O/c1-5-6(10)4-9-3-2-8-7(5)9/h2-3,5-6,10H,4H2,1H3. The first-order valence-electron chi connectivity index (χ1n) is 3.48. The number of imidazole rings is 1. The molecule has 0 amide bonds. The molecule has 0 aromatic carbocycles. The van der Waals surface area contributed by atoms with E-state index >= 15 is 0 Å². The van der Waals surface area contributed by atoms with Gasteiger partial charge in [0.1, 0.15) is 5.82 Å². The number of hydrogen-bond donors (Lipinski definition) is 1. The Morgan fingerprint density at radius 2 is 2.60 bits per heavy atom. The predicted molar refractivity (Wildman–Crippen MR) is 36.6 cm³/mol. The van der Waals surface area contributed by atoms with Gasteiger partial charge in [0.25, 0.3) is 0 Å². The van der Waals surface area contributed by atoms with Crippen LogP contribution in [0.15, 0.2) is 12.4 Å². The van der Waals surface area contributed by atoms with Crippen LogP contribution < -0.4 is 0 Å². The maximum Gasteiger partial charge on any atom is 0.114 e. The first kappa shape index (κ1) is 5.92. The Labute approximate surface area is 59.3 Å². The van der Waals surface area contributed by atoms with E-state index in [2.05, 4.69) is 4.98 Å². The Bertz CT molecular complexity index is 244. The Morgan fingerprint density at radius 3 is 3.30 bits per heavy atom. The molecule has 0 saturated heterocycles. The molecule has 0 spiro atoms. The van der Waals surface area contributed by atoms with Gasteiger partial charge in [-0.2, -0.15) is 0 Å². The van der Waals surface area contributed by atoms with Crippen LogP contribution >= 0.6 is 0 Å². The Balaban J connectivity index is 2.43. The van der Waals surface area contributed by atoms with Crippen molar-refractivity contribution in [2.45, 2.75) is 25.5 Å². The van der Waals surface area contributed by atoms with Crippen LogP contribution in [-0.2, 0) is 6.54 Å². The van der Waals surface area contributed by atoms with E-state index in [1.54, 1.807) is 6.20 Å². The summed E-state index contributed by atoms with van der Waals surface area (Å²) < 4.78 is 2.00. The molecule has 2 atom stereocenters. The predicted octanol–water partition coefficient (Wildman–Crippen LogP) is 0.361. The number of rotatable bonds is 0. The number of aliphatic hydroxyl groups is 1. The van der Waals surface area contributed by atoms with Crippen LogP contribution in [0.5, 0.6) is 0 Å². The summed E-state index contributed by atoms with van der Waals surface area (Å²) in [6.45, 7) is 2.70. The third-order valence-electron chi connectivity index (χ3n) is 2.12. The van der Waals surface area contributed by atoms with Gasteiger partial charge in [-0.3, -0.25) is 0 Å². The van der Waals surface area contributed by atoms with E-state index in [9.17, 15) is 5.11 Å². The highest BCUT2D eigenvalue weighted by molar-refractivity contribution is 5.07. The van der Waals surface area contributed by atoms with Crippen molar-refractivity contribution in [2.75, 3.05) is 0 Å². The third-order valence-corrected chi connectivity index (χ3v) is 2.12. The molecular formula is C7H10N2O. The van der Waals surface area contributed by atoms with Crippen LogP contribution in [0.4, 0.5) is 0 Å². The molecular weight excluding hydrogens is 128 g/mol. The fraction of sp³-hybridized carbons (Fsp3) is 0.571. The zero-order chi connectivity index (χ0) is 7.14. The molecule has 10 heavy (non-hydrogen) atoms. The van der Waals surface area contributed by atoms with Gasteiger partial charge in [-0.05, 0) is 0 Å². The van der Waals surface area contributed by atoms with Gasteiger partial charge in [-0.25, -0.2) is 4.98 Å². The Hall–Kier alpha value is -0.830. The van der Waals surface area contributed by atoms with E-state index in [0.717, 1.165) is 5.82 Å². The molecule has 0 bridgehead atoms. The van der Waals surface area contributed by atoms with Crippen LogP contribution in [0.2, 0.25) is 0 Å². The minimum Gasteiger partial charge on any atom is -0.391 e. The van der Waals surface area contributed by atoms with Crippen molar-refractivity contribution in [1.29, 1.82) is 0 Å². The maximum absolute atomic E-state index is 9.35. The smallest absolute Gasteiger partial charge is 0.114 e. The van der Waals surface area contributed by atoms with Gasteiger partial charge in [-0.15, -0.1) is 0 Å². The second kappa shape index (κ2) is 1.83. The molecule has 54 valence electrons. The monoisotopic (exact) mass is 138 g/mol. The number of aromatic nitrogens is 2. The largest absolute Gasteiger partial charge is 0.391 e. The van der Waals surface area contributed by atoms with Crippen molar-refractivity contribution >= 4 is 0 Å². The van der Waals surface area contributed by atoms with Crippen molar-refractivity contribution in [3.05, 3.63) is 18.2 Å². The number of fused-ring (bicyclic) bond motifs is 1. The molecule has 0 aliphatic carbocycles. The van der Waals surface area contributed by atoms with Crippen molar-refractivity contribution in [1.82, 2.24) is 9.55 Å². The lowest BCUT2D eigenvalue weighted by atomic mass is 10.1. The van der Waals surface area contributed by atoms with Crippen molar-refractivity contribution in [3.8, 4) is 0 Å². The van der Waals surface area contributed by atoms with Crippen LogP contribution in [0.1, 0.15) is 18.7 Å². The summed E-state index contributed by atoms with van der Waals surface area (Å²) >= 11 is 0. The van der Waals surface area contributed by atoms with E-state index in [0.29, 0.717) is 6.54 Å². The zero-order valence-corrected chi connectivity index (χ0v) is 5.86. The van der Waals surface area contributed by atoms with E-state index in [-0.39, 0.29) is 12.0 Å². The van der Waals surface area contributed by atoms with E-state index in [1.165, 1.54) is 0 Å². The molecule has 2 unspecified atom stereocenters. The van der Waals surface area contributed by atoms with Crippen LogP contribution in [0.3, 0.4) is 0 Å². The molecule has 1 aromatic heterocycles. The third kappa shape index (κ3) is 0.609. The molecule has 0 saturated carbocycles. The van der Waals surface area contributed by atoms with Crippen molar-refractivity contribution < 1.29 is 5.11 Å². The molecule has 1 aromatic rings. The van der Waals surface area contributed by atoms with Gasteiger partial charge in [0.2, 0.25) is 0 Å². The quantitative estimate of drug-likeness (QED) is 0.562. The fourth-order valence-electron chi connectivity index (χ4n) is 1.41. The molecule has 1 aliphatic heterocycles. The van der Waals surface area contributed by atoms with Crippen LogP contribution in [0, 0.1) is 0 Å². The lowest BCUT2D eigenvalue weighted by molar-refractivity contribution is 0.153. The second-order valence-corrected chi connectivity index (χ2v) is 2.79. The summed E-state index contributed by atoms with van der Waals surface area (Å²) in [5.74, 6) is 1.21. The second-order valence-electron chi connectivity index (χ2n) is 2.79. The normalized spacial score (nSPS) is 30.6. The highest BCUT2D eigenvalue weighted by Crippen LogP contribution is 2.25. The maximum atomic E-state index is 9.35. The highest BCUT2D eigenvalue weighted by Gasteiger charge is 2.27. The highest BCUT2D eigenvalue weighted by atomic mass is 16.3. The lowest BCUT2D eigenvalue weighted by Crippen LogP contribution is -2.10. The van der Waals surface area contributed by atoms with E-state index in [1.807, 2.05) is 17.7 Å². The summed E-state index contributed by atoms with van der Waals surface area (Å²) in [7, 11) is 0. The minimum absolute atomic E-state index is 0.204. The van der Waals surface area contributed by atoms with Gasteiger partial charge in [0.05, 0.1) is 12.6 Å². The van der Waals surface area contributed by atoms with Crippen molar-refractivity contribution in [3.63, 3.8) is 0 Å². The number of nitrogens with zero attached hydrogens (tertiary/aromatic N) is 2. The van der Waals surface area contributed by atoms with Crippen LogP contribution in [-0.4, -0.2) is 20.8 Å². The number of hydrogen-bond acceptors (Lipinski definition) is 2. The Morgan fingerprint density at radius 1 is 1.80 bits per heavy atom. The van der Waals surface area contributed by atoms with Gasteiger partial charge < -0.3 is 9.67 Å². The summed E-state index contributed by atoms with van der Waals surface area (Å²) in [6, 6.07) is 0. The zero-order valence-electron chi connectivity index (χ0n) is 5.86. The van der Waals surface area contributed by atoms with E-state index in [4.69, 9.17) is 0 Å².